The van der Waals surface area contributed by atoms with Gasteiger partial charge in [0, 0.05) is 13.2 Å². The first-order valence-corrected chi connectivity index (χ1v) is 9.52. The molecule has 4 saturated carbocycles. The summed E-state index contributed by atoms with van der Waals surface area (Å²) in [7, 11) is 1.87. The van der Waals surface area contributed by atoms with Gasteiger partial charge in [-0.3, -0.25) is 4.90 Å². The van der Waals surface area contributed by atoms with Gasteiger partial charge in [-0.15, -0.1) is 0 Å². The topological polar surface area (TPSA) is 50.8 Å². The molecule has 2 unspecified atom stereocenters. The molecule has 6 rings (SSSR count). The molecule has 1 heterocycles. The summed E-state index contributed by atoms with van der Waals surface area (Å²) in [4.78, 5) is 14.9. The van der Waals surface area contributed by atoms with Gasteiger partial charge in [0.2, 0.25) is 0 Å². The van der Waals surface area contributed by atoms with E-state index >= 15 is 0 Å². The van der Waals surface area contributed by atoms with Gasteiger partial charge >= 0.3 is 6.03 Å². The highest BCUT2D eigenvalue weighted by atomic mass is 16.5. The first-order valence-electron chi connectivity index (χ1n) is 9.52. The molecule has 0 saturated heterocycles. The van der Waals surface area contributed by atoms with E-state index in [4.69, 9.17) is 9.47 Å². The SMILES string of the molecule is COC12CC3CC(C1)C(NC(=O)N1CCOc4ccccc41)C(C3)C2. The van der Waals surface area contributed by atoms with E-state index in [2.05, 4.69) is 5.32 Å². The summed E-state index contributed by atoms with van der Waals surface area (Å²) in [5.74, 6) is 2.71. The lowest BCUT2D eigenvalue weighted by Crippen LogP contribution is -2.63. The van der Waals surface area contributed by atoms with Crippen LogP contribution in [0.2, 0.25) is 0 Å². The van der Waals surface area contributed by atoms with Crippen LogP contribution in [0.1, 0.15) is 32.1 Å². The number of hydrogen-bond donors (Lipinski definition) is 1. The van der Waals surface area contributed by atoms with E-state index in [-0.39, 0.29) is 11.6 Å². The molecule has 1 aliphatic heterocycles. The van der Waals surface area contributed by atoms with Gasteiger partial charge < -0.3 is 14.8 Å². The summed E-state index contributed by atoms with van der Waals surface area (Å²) in [6.07, 6.45) is 5.90. The third kappa shape index (κ3) is 2.43. The second kappa shape index (κ2) is 5.63. The largest absolute Gasteiger partial charge is 0.490 e. The highest BCUT2D eigenvalue weighted by molar-refractivity contribution is 5.94. The summed E-state index contributed by atoms with van der Waals surface area (Å²) >= 11 is 0. The van der Waals surface area contributed by atoms with Gasteiger partial charge in [-0.05, 0) is 62.0 Å². The molecule has 4 bridgehead atoms. The molecule has 2 amide bonds. The van der Waals surface area contributed by atoms with Gasteiger partial charge in [-0.2, -0.15) is 0 Å². The number of methoxy groups -OCH3 is 1. The molecular formula is C20H26N2O3. The van der Waals surface area contributed by atoms with Crippen molar-refractivity contribution < 1.29 is 14.3 Å². The Labute approximate surface area is 148 Å². The number of rotatable bonds is 2. The van der Waals surface area contributed by atoms with Gasteiger partial charge in [0.1, 0.15) is 12.4 Å². The average molecular weight is 342 g/mol. The van der Waals surface area contributed by atoms with Crippen LogP contribution >= 0.6 is 0 Å². The normalized spacial score (nSPS) is 38.2. The molecule has 134 valence electrons. The number of ether oxygens (including phenoxy) is 2. The smallest absolute Gasteiger partial charge is 0.322 e. The molecule has 0 spiro atoms. The minimum atomic E-state index is 0.0275. The van der Waals surface area contributed by atoms with E-state index in [9.17, 15) is 4.79 Å². The predicted molar refractivity (Wildman–Crippen MR) is 94.9 cm³/mol. The van der Waals surface area contributed by atoms with Crippen LogP contribution in [0.3, 0.4) is 0 Å². The Kier molecular flexibility index (Phi) is 3.49. The Hall–Kier alpha value is -1.75. The minimum Gasteiger partial charge on any atom is -0.490 e. The molecule has 2 atom stereocenters. The van der Waals surface area contributed by atoms with Gasteiger partial charge in [0.05, 0.1) is 17.8 Å². The Balaban J connectivity index is 1.34. The van der Waals surface area contributed by atoms with Crippen molar-refractivity contribution in [2.24, 2.45) is 17.8 Å². The van der Waals surface area contributed by atoms with E-state index in [0.29, 0.717) is 31.0 Å². The van der Waals surface area contributed by atoms with Crippen LogP contribution < -0.4 is 15.0 Å². The number of nitrogens with one attached hydrogen (secondary N) is 1. The number of carbonyl (C=O) groups excluding carboxylic acids is 1. The molecule has 5 aliphatic rings. The number of urea groups is 1. The molecule has 1 aromatic rings. The van der Waals surface area contributed by atoms with Gasteiger partial charge in [0.25, 0.3) is 0 Å². The highest BCUT2D eigenvalue weighted by Crippen LogP contribution is 2.57. The summed E-state index contributed by atoms with van der Waals surface area (Å²) in [6, 6.07) is 8.12. The quantitative estimate of drug-likeness (QED) is 0.898. The molecular weight excluding hydrogens is 316 g/mol. The number of hydrogen-bond acceptors (Lipinski definition) is 3. The first kappa shape index (κ1) is 15.5. The van der Waals surface area contributed by atoms with E-state index < -0.39 is 0 Å². The third-order valence-electron chi connectivity index (χ3n) is 6.91. The van der Waals surface area contributed by atoms with E-state index in [1.165, 1.54) is 19.3 Å². The monoisotopic (exact) mass is 342 g/mol. The van der Waals surface area contributed by atoms with Crippen LogP contribution in [0.25, 0.3) is 0 Å². The first-order chi connectivity index (χ1) is 12.2. The lowest BCUT2D eigenvalue weighted by atomic mass is 9.52. The summed E-state index contributed by atoms with van der Waals surface area (Å²) < 4.78 is 11.6. The zero-order chi connectivity index (χ0) is 17.0. The molecule has 4 aliphatic carbocycles. The molecule has 4 fully saturated rings. The van der Waals surface area contributed by atoms with Crippen molar-refractivity contribution in [3.8, 4) is 5.75 Å². The summed E-state index contributed by atoms with van der Waals surface area (Å²) in [5, 5.41) is 3.39. The molecule has 0 radical (unpaired) electrons. The number of anilines is 1. The Bertz CT molecular complexity index is 675. The Morgan fingerprint density at radius 2 is 2.00 bits per heavy atom. The fourth-order valence-electron chi connectivity index (χ4n) is 6.04. The molecule has 5 nitrogen and oxygen atoms in total. The fraction of sp³-hybridized carbons (Fsp3) is 0.650. The number of amides is 2. The van der Waals surface area contributed by atoms with Crippen molar-refractivity contribution in [2.75, 3.05) is 25.2 Å². The minimum absolute atomic E-state index is 0.0275. The van der Waals surface area contributed by atoms with Crippen LogP contribution in [0.15, 0.2) is 24.3 Å². The number of para-hydroxylation sites is 2. The Morgan fingerprint density at radius 1 is 1.24 bits per heavy atom. The van der Waals surface area contributed by atoms with E-state index in [1.54, 1.807) is 0 Å². The molecule has 5 heteroatoms. The molecule has 0 aromatic heterocycles. The maximum atomic E-state index is 13.0. The zero-order valence-electron chi connectivity index (χ0n) is 14.7. The lowest BCUT2D eigenvalue weighted by molar-refractivity contribution is -0.155. The standard InChI is InChI=1S/C20H26N2O3/c1-24-20-10-13-8-14(11-20)18(15(9-13)12-20)21-19(23)22-6-7-25-17-5-3-2-4-16(17)22/h2-5,13-15,18H,6-12H2,1H3,(H,21,23). The van der Waals surface area contributed by atoms with Crippen molar-refractivity contribution in [3.05, 3.63) is 24.3 Å². The van der Waals surface area contributed by atoms with Crippen molar-refractivity contribution in [2.45, 2.75) is 43.7 Å². The predicted octanol–water partition coefficient (Wildman–Crippen LogP) is 3.19. The maximum absolute atomic E-state index is 13.0. The van der Waals surface area contributed by atoms with Crippen LogP contribution in [-0.4, -0.2) is 37.9 Å². The fourth-order valence-corrected chi connectivity index (χ4v) is 6.04. The van der Waals surface area contributed by atoms with Crippen LogP contribution in [0.5, 0.6) is 5.75 Å². The maximum Gasteiger partial charge on any atom is 0.322 e. The summed E-state index contributed by atoms with van der Waals surface area (Å²) in [5.41, 5.74) is 0.965. The van der Waals surface area contributed by atoms with Crippen LogP contribution in [0.4, 0.5) is 10.5 Å². The second-order valence-corrected chi connectivity index (χ2v) is 8.30. The lowest BCUT2D eigenvalue weighted by Gasteiger charge is -2.59. The molecule has 1 N–H and O–H groups in total. The average Bonchev–Trinajstić information content (AvgIpc) is 2.63. The second-order valence-electron chi connectivity index (χ2n) is 8.30. The number of carbonyl (C=O) groups is 1. The molecule has 1 aromatic carbocycles. The summed E-state index contributed by atoms with van der Waals surface area (Å²) in [6.45, 7) is 1.16. The van der Waals surface area contributed by atoms with Crippen LogP contribution in [0, 0.1) is 17.8 Å². The van der Waals surface area contributed by atoms with Crippen molar-refractivity contribution in [1.29, 1.82) is 0 Å². The zero-order valence-corrected chi connectivity index (χ0v) is 14.7. The highest BCUT2D eigenvalue weighted by Gasteiger charge is 2.56. The van der Waals surface area contributed by atoms with E-state index in [0.717, 1.165) is 30.2 Å². The van der Waals surface area contributed by atoms with Gasteiger partial charge in [-0.25, -0.2) is 4.79 Å². The van der Waals surface area contributed by atoms with Gasteiger partial charge in [0.15, 0.2) is 0 Å². The number of benzene rings is 1. The van der Waals surface area contributed by atoms with Crippen molar-refractivity contribution >= 4 is 11.7 Å². The van der Waals surface area contributed by atoms with Crippen LogP contribution in [-0.2, 0) is 4.74 Å². The number of nitrogens with zero attached hydrogens (tertiary/aromatic N) is 1. The Morgan fingerprint density at radius 3 is 2.76 bits per heavy atom. The number of fused-ring (bicyclic) bond motifs is 1. The van der Waals surface area contributed by atoms with E-state index in [1.807, 2.05) is 36.3 Å². The van der Waals surface area contributed by atoms with Crippen molar-refractivity contribution in [1.82, 2.24) is 5.32 Å². The van der Waals surface area contributed by atoms with Gasteiger partial charge in [-0.1, -0.05) is 12.1 Å². The third-order valence-corrected chi connectivity index (χ3v) is 6.91. The van der Waals surface area contributed by atoms with Crippen molar-refractivity contribution in [3.63, 3.8) is 0 Å². The molecule has 25 heavy (non-hydrogen) atoms.